The van der Waals surface area contributed by atoms with Crippen molar-refractivity contribution >= 4 is 0 Å². The normalized spacial score (nSPS) is 12.9. The Balaban J connectivity index is 2.82. The molecule has 0 radical (unpaired) electrons. The fourth-order valence-electron chi connectivity index (χ4n) is 1.12. The van der Waals surface area contributed by atoms with E-state index in [-0.39, 0.29) is 12.5 Å². The molecule has 0 aliphatic rings. The molecule has 0 aliphatic heterocycles. The second-order valence-electron chi connectivity index (χ2n) is 3.76. The minimum Gasteiger partial charge on any atom is -0.200 e. The van der Waals surface area contributed by atoms with Crippen LogP contribution >= 0.6 is 0 Å². The summed E-state index contributed by atoms with van der Waals surface area (Å²) in [4.78, 5) is 0. The molecule has 0 saturated carbocycles. The standard InChI is InChI=1S/C11H12F4/c1-8-3-5-9(6-4-8)7-11(14,15)10(2,12)13/h3-6H,7H2,1-2H3. The SMILES string of the molecule is Cc1ccc(CC(F)(F)C(C)(F)F)cc1. The number of hydrogen-bond donors (Lipinski definition) is 0. The van der Waals surface area contributed by atoms with Gasteiger partial charge in [-0.15, -0.1) is 0 Å². The fraction of sp³-hybridized carbons (Fsp3) is 0.455. The van der Waals surface area contributed by atoms with Gasteiger partial charge in [0.15, 0.2) is 0 Å². The highest BCUT2D eigenvalue weighted by atomic mass is 19.3. The Bertz CT molecular complexity index is 321. The highest BCUT2D eigenvalue weighted by Crippen LogP contribution is 2.36. The van der Waals surface area contributed by atoms with Crippen molar-refractivity contribution in [1.82, 2.24) is 0 Å². The first kappa shape index (κ1) is 12.0. The fourth-order valence-corrected chi connectivity index (χ4v) is 1.12. The Labute approximate surface area is 85.9 Å². The van der Waals surface area contributed by atoms with Crippen molar-refractivity contribution in [1.29, 1.82) is 0 Å². The van der Waals surface area contributed by atoms with Crippen molar-refractivity contribution in [3.8, 4) is 0 Å². The molecule has 0 aliphatic carbocycles. The van der Waals surface area contributed by atoms with Crippen LogP contribution in [0.1, 0.15) is 18.1 Å². The first-order valence-corrected chi connectivity index (χ1v) is 4.53. The van der Waals surface area contributed by atoms with Gasteiger partial charge in [-0.3, -0.25) is 0 Å². The maximum absolute atomic E-state index is 13.0. The summed E-state index contributed by atoms with van der Waals surface area (Å²) >= 11 is 0. The van der Waals surface area contributed by atoms with Gasteiger partial charge in [0.2, 0.25) is 0 Å². The molecule has 0 amide bonds. The third-order valence-electron chi connectivity index (χ3n) is 2.19. The molecule has 0 unspecified atom stereocenters. The molecule has 0 aromatic heterocycles. The zero-order valence-electron chi connectivity index (χ0n) is 8.53. The maximum atomic E-state index is 13.0. The summed E-state index contributed by atoms with van der Waals surface area (Å²) in [5.41, 5.74) is 1.12. The number of benzene rings is 1. The van der Waals surface area contributed by atoms with E-state index < -0.39 is 18.3 Å². The third-order valence-corrected chi connectivity index (χ3v) is 2.19. The Morgan fingerprint density at radius 2 is 1.47 bits per heavy atom. The molecular formula is C11H12F4. The van der Waals surface area contributed by atoms with Crippen LogP contribution in [0.2, 0.25) is 0 Å². The molecule has 0 fully saturated rings. The average molecular weight is 220 g/mol. The van der Waals surface area contributed by atoms with E-state index in [0.29, 0.717) is 0 Å². The molecule has 0 saturated heterocycles. The topological polar surface area (TPSA) is 0 Å². The van der Waals surface area contributed by atoms with Crippen LogP contribution in [0.5, 0.6) is 0 Å². The van der Waals surface area contributed by atoms with Gasteiger partial charge in [-0.2, -0.15) is 8.78 Å². The monoisotopic (exact) mass is 220 g/mol. The highest BCUT2D eigenvalue weighted by molar-refractivity contribution is 5.22. The second kappa shape index (κ2) is 3.83. The van der Waals surface area contributed by atoms with Crippen molar-refractivity contribution in [2.75, 3.05) is 0 Å². The van der Waals surface area contributed by atoms with E-state index in [1.165, 1.54) is 12.1 Å². The molecule has 0 nitrogen and oxygen atoms in total. The minimum absolute atomic E-state index is 0.215. The largest absolute Gasteiger partial charge is 0.313 e. The average Bonchev–Trinajstić information content (AvgIpc) is 2.06. The first-order chi connectivity index (χ1) is 6.72. The summed E-state index contributed by atoms with van der Waals surface area (Å²) in [5.74, 6) is -7.99. The van der Waals surface area contributed by atoms with E-state index in [1.807, 2.05) is 0 Å². The predicted molar refractivity (Wildman–Crippen MR) is 50.5 cm³/mol. The molecule has 1 rings (SSSR count). The van der Waals surface area contributed by atoms with Gasteiger partial charge in [0.1, 0.15) is 0 Å². The van der Waals surface area contributed by atoms with Crippen LogP contribution in [0.25, 0.3) is 0 Å². The molecule has 4 heteroatoms. The molecule has 0 atom stereocenters. The summed E-state index contributed by atoms with van der Waals surface area (Å²) in [6, 6.07) is 6.13. The van der Waals surface area contributed by atoms with Gasteiger partial charge in [0.25, 0.3) is 0 Å². The van der Waals surface area contributed by atoms with Gasteiger partial charge in [0, 0.05) is 13.3 Å². The summed E-state index contributed by atoms with van der Waals surface area (Å²) in [6.45, 7) is 2.04. The zero-order chi connectivity index (χ0) is 11.7. The number of halogens is 4. The van der Waals surface area contributed by atoms with Crippen LogP contribution in [0.15, 0.2) is 24.3 Å². The molecule has 0 heterocycles. The molecule has 0 N–H and O–H groups in total. The van der Waals surface area contributed by atoms with Crippen LogP contribution in [0, 0.1) is 6.92 Å². The Kier molecular flexibility index (Phi) is 3.07. The lowest BCUT2D eigenvalue weighted by atomic mass is 10.0. The van der Waals surface area contributed by atoms with Crippen LogP contribution in [0.3, 0.4) is 0 Å². The van der Waals surface area contributed by atoms with Crippen LogP contribution < -0.4 is 0 Å². The van der Waals surface area contributed by atoms with E-state index in [0.717, 1.165) is 5.56 Å². The molecular weight excluding hydrogens is 208 g/mol. The van der Waals surface area contributed by atoms with E-state index in [2.05, 4.69) is 0 Å². The smallest absolute Gasteiger partial charge is 0.200 e. The highest BCUT2D eigenvalue weighted by Gasteiger charge is 2.51. The second-order valence-corrected chi connectivity index (χ2v) is 3.76. The van der Waals surface area contributed by atoms with Crippen LogP contribution in [0.4, 0.5) is 17.6 Å². The first-order valence-electron chi connectivity index (χ1n) is 4.53. The van der Waals surface area contributed by atoms with E-state index >= 15 is 0 Å². The molecule has 1 aromatic carbocycles. The van der Waals surface area contributed by atoms with Gasteiger partial charge < -0.3 is 0 Å². The van der Waals surface area contributed by atoms with Gasteiger partial charge in [0.05, 0.1) is 0 Å². The van der Waals surface area contributed by atoms with E-state index in [1.54, 1.807) is 19.1 Å². The lowest BCUT2D eigenvalue weighted by molar-refractivity contribution is -0.196. The quantitative estimate of drug-likeness (QED) is 0.679. The summed E-state index contributed by atoms with van der Waals surface area (Å²) < 4.78 is 51.0. The molecule has 0 bridgehead atoms. The number of rotatable bonds is 3. The summed E-state index contributed by atoms with van der Waals surface area (Å²) in [7, 11) is 0. The molecule has 15 heavy (non-hydrogen) atoms. The zero-order valence-corrected chi connectivity index (χ0v) is 8.53. The van der Waals surface area contributed by atoms with Gasteiger partial charge in [-0.05, 0) is 12.5 Å². The summed E-state index contributed by atoms with van der Waals surface area (Å²) in [5, 5.41) is 0. The van der Waals surface area contributed by atoms with Crippen molar-refractivity contribution in [2.24, 2.45) is 0 Å². The molecule has 84 valence electrons. The number of alkyl halides is 4. The third kappa shape index (κ3) is 2.94. The van der Waals surface area contributed by atoms with Gasteiger partial charge >= 0.3 is 11.8 Å². The van der Waals surface area contributed by atoms with Crippen molar-refractivity contribution < 1.29 is 17.6 Å². The Morgan fingerprint density at radius 1 is 1.00 bits per heavy atom. The minimum atomic E-state index is -4.00. The van der Waals surface area contributed by atoms with E-state index in [9.17, 15) is 17.6 Å². The lowest BCUT2D eigenvalue weighted by Crippen LogP contribution is -2.39. The van der Waals surface area contributed by atoms with Crippen molar-refractivity contribution in [3.05, 3.63) is 35.4 Å². The molecule has 1 aromatic rings. The van der Waals surface area contributed by atoms with Crippen molar-refractivity contribution in [2.45, 2.75) is 32.1 Å². The summed E-state index contributed by atoms with van der Waals surface area (Å²) in [6.07, 6.45) is -0.934. The number of aryl methyl sites for hydroxylation is 1. The number of hydrogen-bond acceptors (Lipinski definition) is 0. The molecule has 0 spiro atoms. The Morgan fingerprint density at radius 3 is 1.87 bits per heavy atom. The van der Waals surface area contributed by atoms with Crippen LogP contribution in [-0.4, -0.2) is 11.8 Å². The van der Waals surface area contributed by atoms with Crippen molar-refractivity contribution in [3.63, 3.8) is 0 Å². The Hall–Kier alpha value is -1.06. The lowest BCUT2D eigenvalue weighted by Gasteiger charge is -2.23. The van der Waals surface area contributed by atoms with Gasteiger partial charge in [-0.1, -0.05) is 29.8 Å². The predicted octanol–water partition coefficient (Wildman–Crippen LogP) is 3.83. The van der Waals surface area contributed by atoms with Crippen LogP contribution in [-0.2, 0) is 6.42 Å². The van der Waals surface area contributed by atoms with E-state index in [4.69, 9.17) is 0 Å². The maximum Gasteiger partial charge on any atom is 0.313 e. The van der Waals surface area contributed by atoms with Gasteiger partial charge in [-0.25, -0.2) is 8.78 Å².